The van der Waals surface area contributed by atoms with E-state index in [2.05, 4.69) is 30.4 Å². The van der Waals surface area contributed by atoms with Crippen molar-refractivity contribution in [3.05, 3.63) is 34.3 Å². The summed E-state index contributed by atoms with van der Waals surface area (Å²) in [5.74, 6) is 0.673. The van der Waals surface area contributed by atoms with Gasteiger partial charge in [-0.2, -0.15) is 0 Å². The van der Waals surface area contributed by atoms with E-state index in [9.17, 15) is 0 Å². The zero-order valence-electron chi connectivity index (χ0n) is 9.67. The molecule has 2 fully saturated rings. The molecule has 16 heavy (non-hydrogen) atoms. The van der Waals surface area contributed by atoms with Crippen LogP contribution in [-0.2, 0) is 0 Å². The molecule has 0 amide bonds. The summed E-state index contributed by atoms with van der Waals surface area (Å²) in [5, 5.41) is 4.64. The smallest absolute Gasteiger partial charge is 0.0443 e. The van der Waals surface area contributed by atoms with Crippen LogP contribution in [0.15, 0.2) is 18.2 Å². The number of hydrogen-bond donors (Lipinski definition) is 1. The van der Waals surface area contributed by atoms with E-state index < -0.39 is 0 Å². The number of nitrogens with one attached hydrogen (secondary N) is 1. The largest absolute Gasteiger partial charge is 0.311 e. The average Bonchev–Trinajstić information content (AvgIpc) is 2.58. The van der Waals surface area contributed by atoms with Gasteiger partial charge in [0, 0.05) is 17.1 Å². The molecule has 0 aliphatic carbocycles. The molecule has 0 spiro atoms. The van der Waals surface area contributed by atoms with E-state index in [4.69, 9.17) is 11.6 Å². The SMILES string of the molecule is Cc1ccc(C2CC3CCC(C2)N3)c(Cl)c1. The number of benzene rings is 1. The Balaban J connectivity index is 1.87. The zero-order valence-corrected chi connectivity index (χ0v) is 10.4. The standard InChI is InChI=1S/C14H18ClN/c1-9-2-5-13(14(15)6-9)10-7-11-3-4-12(8-10)16-11/h2,5-6,10-12,16H,3-4,7-8H2,1H3. The molecule has 2 heterocycles. The van der Waals surface area contributed by atoms with Crippen LogP contribution >= 0.6 is 11.6 Å². The Labute approximate surface area is 102 Å². The maximum absolute atomic E-state index is 6.36. The molecule has 2 bridgehead atoms. The lowest BCUT2D eigenvalue weighted by atomic mass is 9.86. The van der Waals surface area contributed by atoms with Gasteiger partial charge >= 0.3 is 0 Å². The Kier molecular flexibility index (Phi) is 2.68. The van der Waals surface area contributed by atoms with Crippen LogP contribution in [0, 0.1) is 6.92 Å². The predicted molar refractivity (Wildman–Crippen MR) is 68.1 cm³/mol. The van der Waals surface area contributed by atoms with Gasteiger partial charge in [0.05, 0.1) is 0 Å². The molecule has 0 radical (unpaired) electrons. The number of rotatable bonds is 1. The third-order valence-electron chi connectivity index (χ3n) is 4.07. The summed E-state index contributed by atoms with van der Waals surface area (Å²) in [7, 11) is 0. The molecule has 2 heteroatoms. The first kappa shape index (κ1) is 10.6. The van der Waals surface area contributed by atoms with E-state index in [0.29, 0.717) is 5.92 Å². The lowest BCUT2D eigenvalue weighted by molar-refractivity contribution is 0.363. The second-order valence-corrected chi connectivity index (χ2v) is 5.74. The van der Waals surface area contributed by atoms with Crippen molar-refractivity contribution in [3.63, 3.8) is 0 Å². The Morgan fingerprint density at radius 1 is 1.19 bits per heavy atom. The first-order valence-corrected chi connectivity index (χ1v) is 6.62. The van der Waals surface area contributed by atoms with Crippen molar-refractivity contribution in [1.29, 1.82) is 0 Å². The Bertz CT molecular complexity index is 390. The fourth-order valence-electron chi connectivity index (χ4n) is 3.27. The summed E-state index contributed by atoms with van der Waals surface area (Å²) in [6.45, 7) is 2.10. The van der Waals surface area contributed by atoms with Crippen LogP contribution in [-0.4, -0.2) is 12.1 Å². The normalized spacial score (nSPS) is 33.0. The highest BCUT2D eigenvalue weighted by Crippen LogP contribution is 2.39. The summed E-state index contributed by atoms with van der Waals surface area (Å²) in [6.07, 6.45) is 5.23. The summed E-state index contributed by atoms with van der Waals surface area (Å²) in [4.78, 5) is 0. The highest BCUT2D eigenvalue weighted by Gasteiger charge is 2.34. The van der Waals surface area contributed by atoms with Gasteiger partial charge in [0.15, 0.2) is 0 Å². The van der Waals surface area contributed by atoms with E-state index in [0.717, 1.165) is 17.1 Å². The first-order chi connectivity index (χ1) is 7.72. The Morgan fingerprint density at radius 3 is 2.50 bits per heavy atom. The van der Waals surface area contributed by atoms with E-state index >= 15 is 0 Å². The molecule has 2 aliphatic heterocycles. The fourth-order valence-corrected chi connectivity index (χ4v) is 3.66. The lowest BCUT2D eigenvalue weighted by Crippen LogP contribution is -2.37. The predicted octanol–water partition coefficient (Wildman–Crippen LogP) is 3.65. The number of hydrogen-bond acceptors (Lipinski definition) is 1. The van der Waals surface area contributed by atoms with Gasteiger partial charge in [0.2, 0.25) is 0 Å². The van der Waals surface area contributed by atoms with Gasteiger partial charge in [-0.25, -0.2) is 0 Å². The quantitative estimate of drug-likeness (QED) is 0.784. The molecule has 3 rings (SSSR count). The van der Waals surface area contributed by atoms with Crippen molar-refractivity contribution in [2.45, 2.75) is 50.6 Å². The summed E-state index contributed by atoms with van der Waals surface area (Å²) in [6, 6.07) is 7.99. The fraction of sp³-hybridized carbons (Fsp3) is 0.571. The third kappa shape index (κ3) is 1.87. The number of piperidine rings is 1. The topological polar surface area (TPSA) is 12.0 Å². The van der Waals surface area contributed by atoms with Gasteiger partial charge in [0.1, 0.15) is 0 Å². The molecule has 1 aromatic rings. The Morgan fingerprint density at radius 2 is 1.88 bits per heavy atom. The molecule has 1 nitrogen and oxygen atoms in total. The number of aryl methyl sites for hydroxylation is 1. The molecular formula is C14H18ClN. The minimum Gasteiger partial charge on any atom is -0.311 e. The van der Waals surface area contributed by atoms with E-state index in [-0.39, 0.29) is 0 Å². The third-order valence-corrected chi connectivity index (χ3v) is 4.40. The molecule has 1 aromatic carbocycles. The molecule has 2 unspecified atom stereocenters. The van der Waals surface area contributed by atoms with Crippen molar-refractivity contribution < 1.29 is 0 Å². The second kappa shape index (κ2) is 4.05. The lowest BCUT2D eigenvalue weighted by Gasteiger charge is -2.30. The number of halogens is 1. The van der Waals surface area contributed by atoms with Crippen molar-refractivity contribution in [2.75, 3.05) is 0 Å². The van der Waals surface area contributed by atoms with Crippen LogP contribution in [0.25, 0.3) is 0 Å². The van der Waals surface area contributed by atoms with Crippen molar-refractivity contribution in [1.82, 2.24) is 5.32 Å². The average molecular weight is 236 g/mol. The molecule has 2 atom stereocenters. The molecule has 2 saturated heterocycles. The summed E-state index contributed by atoms with van der Waals surface area (Å²) >= 11 is 6.36. The van der Waals surface area contributed by atoms with Crippen LogP contribution in [0.4, 0.5) is 0 Å². The first-order valence-electron chi connectivity index (χ1n) is 6.24. The molecular weight excluding hydrogens is 218 g/mol. The molecule has 0 aromatic heterocycles. The van der Waals surface area contributed by atoms with Crippen LogP contribution in [0.1, 0.15) is 42.7 Å². The van der Waals surface area contributed by atoms with Crippen LogP contribution in [0.5, 0.6) is 0 Å². The molecule has 1 N–H and O–H groups in total. The van der Waals surface area contributed by atoms with Gasteiger partial charge in [-0.05, 0) is 55.7 Å². The van der Waals surface area contributed by atoms with Gasteiger partial charge in [-0.15, -0.1) is 0 Å². The van der Waals surface area contributed by atoms with Crippen LogP contribution in [0.3, 0.4) is 0 Å². The van der Waals surface area contributed by atoms with Gasteiger partial charge in [-0.1, -0.05) is 23.7 Å². The minimum absolute atomic E-state index is 0.673. The van der Waals surface area contributed by atoms with E-state index in [1.807, 2.05) is 0 Å². The van der Waals surface area contributed by atoms with Crippen LogP contribution in [0.2, 0.25) is 5.02 Å². The summed E-state index contributed by atoms with van der Waals surface area (Å²) < 4.78 is 0. The van der Waals surface area contributed by atoms with Crippen molar-refractivity contribution >= 4 is 11.6 Å². The molecule has 2 aliphatic rings. The van der Waals surface area contributed by atoms with Gasteiger partial charge in [-0.3, -0.25) is 0 Å². The highest BCUT2D eigenvalue weighted by atomic mass is 35.5. The minimum atomic E-state index is 0.673. The zero-order chi connectivity index (χ0) is 11.1. The number of fused-ring (bicyclic) bond motifs is 2. The molecule has 0 saturated carbocycles. The van der Waals surface area contributed by atoms with E-state index in [1.54, 1.807) is 0 Å². The summed E-state index contributed by atoms with van der Waals surface area (Å²) in [5.41, 5.74) is 2.62. The monoisotopic (exact) mass is 235 g/mol. The van der Waals surface area contributed by atoms with Crippen molar-refractivity contribution in [2.24, 2.45) is 0 Å². The van der Waals surface area contributed by atoms with E-state index in [1.165, 1.54) is 36.8 Å². The maximum atomic E-state index is 6.36. The van der Waals surface area contributed by atoms with Crippen molar-refractivity contribution in [3.8, 4) is 0 Å². The molecule has 86 valence electrons. The van der Waals surface area contributed by atoms with Gasteiger partial charge in [0.25, 0.3) is 0 Å². The Hall–Kier alpha value is -0.530. The second-order valence-electron chi connectivity index (χ2n) is 5.33. The van der Waals surface area contributed by atoms with Crippen LogP contribution < -0.4 is 5.32 Å². The highest BCUT2D eigenvalue weighted by molar-refractivity contribution is 6.31. The van der Waals surface area contributed by atoms with Gasteiger partial charge < -0.3 is 5.32 Å². The maximum Gasteiger partial charge on any atom is 0.0443 e.